The molecule has 0 spiro atoms. The summed E-state index contributed by atoms with van der Waals surface area (Å²) in [5.41, 5.74) is 0.978. The van der Waals surface area contributed by atoms with Crippen molar-refractivity contribution < 1.29 is 4.79 Å². The van der Waals surface area contributed by atoms with Gasteiger partial charge in [-0.1, -0.05) is 12.1 Å². The van der Waals surface area contributed by atoms with Crippen LogP contribution in [0.25, 0.3) is 16.6 Å². The zero-order chi connectivity index (χ0) is 18.1. The van der Waals surface area contributed by atoms with Crippen molar-refractivity contribution in [3.63, 3.8) is 0 Å². The molecule has 4 rings (SSSR count). The Hall–Kier alpha value is -3.40. The number of para-hydroxylation sites is 1. The highest BCUT2D eigenvalue weighted by Gasteiger charge is 2.20. The van der Waals surface area contributed by atoms with Crippen molar-refractivity contribution in [2.45, 2.75) is 6.54 Å². The predicted molar refractivity (Wildman–Crippen MR) is 95.2 cm³/mol. The number of nitrogens with zero attached hydrogens (tertiary/aromatic N) is 6. The van der Waals surface area contributed by atoms with Crippen LogP contribution >= 0.6 is 11.3 Å². The second-order valence-electron chi connectivity index (χ2n) is 5.58. The maximum atomic E-state index is 12.8. The molecule has 0 aliphatic heterocycles. The van der Waals surface area contributed by atoms with Crippen LogP contribution in [0.4, 0.5) is 0 Å². The van der Waals surface area contributed by atoms with E-state index in [2.05, 4.69) is 25.5 Å². The van der Waals surface area contributed by atoms with Gasteiger partial charge in [-0.05, 0) is 34.0 Å². The third kappa shape index (κ3) is 2.86. The summed E-state index contributed by atoms with van der Waals surface area (Å²) in [4.78, 5) is 34.1. The molecule has 1 N–H and O–H groups in total. The van der Waals surface area contributed by atoms with Crippen LogP contribution in [-0.4, -0.2) is 48.0 Å². The molecule has 0 aliphatic rings. The Bertz CT molecular complexity index is 1130. The van der Waals surface area contributed by atoms with Crippen LogP contribution in [0.5, 0.6) is 0 Å². The van der Waals surface area contributed by atoms with Crippen LogP contribution in [-0.2, 0) is 6.54 Å². The number of carbonyl (C=O) groups is 1. The first-order chi connectivity index (χ1) is 12.6. The molecule has 0 unspecified atom stereocenters. The summed E-state index contributed by atoms with van der Waals surface area (Å²) in [5.74, 6) is 0.214. The van der Waals surface area contributed by atoms with Crippen LogP contribution in [0.3, 0.4) is 0 Å². The number of nitrogens with one attached hydrogen (secondary N) is 1. The summed E-state index contributed by atoms with van der Waals surface area (Å²) in [6.07, 6.45) is 1.43. The monoisotopic (exact) mass is 367 g/mol. The number of H-pyrrole nitrogens is 1. The molecule has 9 nitrogen and oxygen atoms in total. The molecule has 0 aliphatic carbocycles. The zero-order valence-electron chi connectivity index (χ0n) is 13.7. The topological polar surface area (TPSA) is 110 Å². The minimum atomic E-state index is -0.225. The quantitative estimate of drug-likeness (QED) is 0.581. The molecule has 1 amide bonds. The lowest BCUT2D eigenvalue weighted by Gasteiger charge is -2.16. The first-order valence-electron chi connectivity index (χ1n) is 7.68. The molecule has 0 bridgehead atoms. The minimum absolute atomic E-state index is 0.172. The highest BCUT2D eigenvalue weighted by molar-refractivity contribution is 7.12. The van der Waals surface area contributed by atoms with Crippen LogP contribution in [0, 0.1) is 0 Å². The molecule has 0 fully saturated rings. The molecular formula is C16H13N7O2S. The Kier molecular flexibility index (Phi) is 4.01. The van der Waals surface area contributed by atoms with Crippen molar-refractivity contribution in [2.75, 3.05) is 7.05 Å². The summed E-state index contributed by atoms with van der Waals surface area (Å²) >= 11 is 1.30. The fourth-order valence-electron chi connectivity index (χ4n) is 2.59. The van der Waals surface area contributed by atoms with Crippen LogP contribution in [0.15, 0.2) is 46.8 Å². The number of fused-ring (bicyclic) bond motifs is 1. The van der Waals surface area contributed by atoms with E-state index in [1.165, 1.54) is 27.2 Å². The lowest BCUT2D eigenvalue weighted by Crippen LogP contribution is -2.28. The third-order valence-corrected chi connectivity index (χ3v) is 4.72. The fourth-order valence-corrected chi connectivity index (χ4v) is 3.47. The Morgan fingerprint density at radius 2 is 2.15 bits per heavy atom. The van der Waals surface area contributed by atoms with E-state index in [1.807, 2.05) is 6.07 Å². The molecule has 1 aromatic carbocycles. The van der Waals surface area contributed by atoms with Crippen molar-refractivity contribution in [1.82, 2.24) is 35.1 Å². The van der Waals surface area contributed by atoms with Crippen molar-refractivity contribution in [2.24, 2.45) is 0 Å². The summed E-state index contributed by atoms with van der Waals surface area (Å²) in [6.45, 7) is 0.172. The number of hydrogen-bond acceptors (Lipinski definition) is 7. The van der Waals surface area contributed by atoms with Gasteiger partial charge in [0.05, 0.1) is 23.1 Å². The summed E-state index contributed by atoms with van der Waals surface area (Å²) in [6, 6.07) is 8.86. The van der Waals surface area contributed by atoms with Gasteiger partial charge >= 0.3 is 0 Å². The molecule has 0 saturated heterocycles. The Labute approximate surface area is 150 Å². The first kappa shape index (κ1) is 16.1. The summed E-state index contributed by atoms with van der Waals surface area (Å²) in [5, 5.41) is 13.3. The third-order valence-electron chi connectivity index (χ3n) is 3.83. The van der Waals surface area contributed by atoms with Gasteiger partial charge in [-0.3, -0.25) is 9.59 Å². The predicted octanol–water partition coefficient (Wildman–Crippen LogP) is 1.23. The van der Waals surface area contributed by atoms with E-state index in [0.29, 0.717) is 27.3 Å². The number of aromatic amines is 1. The van der Waals surface area contributed by atoms with Gasteiger partial charge in [-0.15, -0.1) is 16.4 Å². The van der Waals surface area contributed by atoms with Gasteiger partial charge in [-0.25, -0.2) is 4.98 Å². The van der Waals surface area contributed by atoms with Gasteiger partial charge in [0.1, 0.15) is 17.0 Å². The maximum absolute atomic E-state index is 12.8. The average molecular weight is 367 g/mol. The van der Waals surface area contributed by atoms with E-state index in [4.69, 9.17) is 0 Å². The molecule has 3 heterocycles. The van der Waals surface area contributed by atoms with E-state index < -0.39 is 0 Å². The van der Waals surface area contributed by atoms with Gasteiger partial charge in [0.2, 0.25) is 0 Å². The molecule has 4 aromatic rings. The highest BCUT2D eigenvalue weighted by Crippen LogP contribution is 2.22. The van der Waals surface area contributed by atoms with Gasteiger partial charge in [0, 0.05) is 7.05 Å². The first-order valence-corrected chi connectivity index (χ1v) is 8.55. The number of benzene rings is 1. The molecule has 0 atom stereocenters. The average Bonchev–Trinajstić information content (AvgIpc) is 3.32. The number of aromatic nitrogens is 6. The van der Waals surface area contributed by atoms with E-state index in [-0.39, 0.29) is 18.0 Å². The maximum Gasteiger partial charge on any atom is 0.266 e. The van der Waals surface area contributed by atoms with Crippen molar-refractivity contribution in [3.05, 3.63) is 63.1 Å². The van der Waals surface area contributed by atoms with E-state index in [9.17, 15) is 9.59 Å². The number of carbonyl (C=O) groups excluding carboxylic acids is 1. The molecule has 0 saturated carbocycles. The SMILES string of the molecule is CN(Cc1nc2ccccc2c(=O)[nH]1)C(=O)c1sccc1-n1cnnn1. The van der Waals surface area contributed by atoms with E-state index >= 15 is 0 Å². The minimum Gasteiger partial charge on any atom is -0.333 e. The second-order valence-corrected chi connectivity index (χ2v) is 6.50. The standard InChI is InChI=1S/C16H13N7O2S/c1-22(8-13-18-11-5-3-2-4-10(11)15(24)19-13)16(25)14-12(6-7-26-14)23-9-17-20-21-23/h2-7,9H,8H2,1H3,(H,18,19,24). The zero-order valence-corrected chi connectivity index (χ0v) is 14.5. The van der Waals surface area contributed by atoms with Gasteiger partial charge in [-0.2, -0.15) is 4.68 Å². The molecule has 10 heteroatoms. The fraction of sp³-hybridized carbons (Fsp3) is 0.125. The molecule has 0 radical (unpaired) electrons. The van der Waals surface area contributed by atoms with Crippen LogP contribution in [0.2, 0.25) is 0 Å². The number of hydrogen-bond donors (Lipinski definition) is 1. The number of thiophene rings is 1. The highest BCUT2D eigenvalue weighted by atomic mass is 32.1. The Balaban J connectivity index is 1.61. The summed E-state index contributed by atoms with van der Waals surface area (Å²) in [7, 11) is 1.65. The molecular weight excluding hydrogens is 354 g/mol. The smallest absolute Gasteiger partial charge is 0.266 e. The van der Waals surface area contributed by atoms with Crippen LogP contribution in [0.1, 0.15) is 15.5 Å². The number of rotatable bonds is 4. The van der Waals surface area contributed by atoms with Crippen molar-refractivity contribution >= 4 is 28.1 Å². The van der Waals surface area contributed by atoms with Gasteiger partial charge in [0.25, 0.3) is 11.5 Å². The normalized spacial score (nSPS) is 11.0. The summed E-state index contributed by atoms with van der Waals surface area (Å²) < 4.78 is 1.44. The van der Waals surface area contributed by atoms with Crippen LogP contribution < -0.4 is 5.56 Å². The molecule has 26 heavy (non-hydrogen) atoms. The van der Waals surface area contributed by atoms with Gasteiger partial charge < -0.3 is 9.88 Å². The largest absolute Gasteiger partial charge is 0.333 e. The van der Waals surface area contributed by atoms with E-state index in [1.54, 1.807) is 36.7 Å². The van der Waals surface area contributed by atoms with E-state index in [0.717, 1.165) is 0 Å². The Morgan fingerprint density at radius 3 is 2.96 bits per heavy atom. The lowest BCUT2D eigenvalue weighted by atomic mass is 10.2. The number of tetrazole rings is 1. The second kappa shape index (κ2) is 6.48. The number of amides is 1. The Morgan fingerprint density at radius 1 is 1.31 bits per heavy atom. The van der Waals surface area contributed by atoms with Crippen molar-refractivity contribution in [1.29, 1.82) is 0 Å². The molecule has 130 valence electrons. The molecule has 3 aromatic heterocycles. The lowest BCUT2D eigenvalue weighted by molar-refractivity contribution is 0.0786. The van der Waals surface area contributed by atoms with Gasteiger partial charge in [0.15, 0.2) is 0 Å². The van der Waals surface area contributed by atoms with Crippen molar-refractivity contribution in [3.8, 4) is 5.69 Å².